The SMILES string of the molecule is CCCNCCCS(=O)(=O)N1CC2CCCCN2CC1C. The van der Waals surface area contributed by atoms with Crippen molar-refractivity contribution in [2.24, 2.45) is 0 Å². The van der Waals surface area contributed by atoms with Crippen LogP contribution in [0, 0.1) is 0 Å². The van der Waals surface area contributed by atoms with Crippen molar-refractivity contribution in [1.29, 1.82) is 0 Å². The number of piperidine rings is 1. The molecule has 0 aliphatic carbocycles. The van der Waals surface area contributed by atoms with Crippen molar-refractivity contribution >= 4 is 10.0 Å². The van der Waals surface area contributed by atoms with Gasteiger partial charge < -0.3 is 5.32 Å². The lowest BCUT2D eigenvalue weighted by Crippen LogP contribution is -2.60. The molecular weight excluding hydrogens is 286 g/mol. The summed E-state index contributed by atoms with van der Waals surface area (Å²) in [7, 11) is -3.10. The highest BCUT2D eigenvalue weighted by molar-refractivity contribution is 7.89. The third-order valence-corrected chi connectivity index (χ3v) is 6.70. The van der Waals surface area contributed by atoms with Crippen molar-refractivity contribution in [3.8, 4) is 0 Å². The fourth-order valence-electron chi connectivity index (χ4n) is 3.51. The highest BCUT2D eigenvalue weighted by Crippen LogP contribution is 2.26. The van der Waals surface area contributed by atoms with E-state index >= 15 is 0 Å². The van der Waals surface area contributed by atoms with Crippen molar-refractivity contribution in [3.63, 3.8) is 0 Å². The lowest BCUT2D eigenvalue weighted by atomic mass is 9.99. The van der Waals surface area contributed by atoms with Gasteiger partial charge in [0.1, 0.15) is 0 Å². The van der Waals surface area contributed by atoms with Crippen LogP contribution in [0.3, 0.4) is 0 Å². The molecule has 2 aliphatic heterocycles. The summed E-state index contributed by atoms with van der Waals surface area (Å²) in [5.74, 6) is 0.279. The zero-order valence-electron chi connectivity index (χ0n) is 13.6. The fourth-order valence-corrected chi connectivity index (χ4v) is 5.27. The lowest BCUT2D eigenvalue weighted by Gasteiger charge is -2.46. The molecule has 0 bridgehead atoms. The van der Waals surface area contributed by atoms with Crippen LogP contribution < -0.4 is 5.32 Å². The highest BCUT2D eigenvalue weighted by atomic mass is 32.2. The fraction of sp³-hybridized carbons (Fsp3) is 1.00. The van der Waals surface area contributed by atoms with Gasteiger partial charge in [-0.3, -0.25) is 4.90 Å². The maximum absolute atomic E-state index is 12.6. The summed E-state index contributed by atoms with van der Waals surface area (Å²) in [6.45, 7) is 8.68. The standard InChI is InChI=1S/C15H31N3O2S/c1-3-8-16-9-6-11-21(19,20)18-13-15-7-4-5-10-17(15)12-14(18)2/h14-16H,3-13H2,1-2H3. The molecule has 2 fully saturated rings. The molecule has 2 heterocycles. The van der Waals surface area contributed by atoms with Crippen LogP contribution in [0.2, 0.25) is 0 Å². The van der Waals surface area contributed by atoms with Crippen LogP contribution in [-0.2, 0) is 10.0 Å². The second kappa shape index (κ2) is 7.90. The van der Waals surface area contributed by atoms with E-state index in [-0.39, 0.29) is 11.8 Å². The predicted octanol–water partition coefficient (Wildman–Crippen LogP) is 1.26. The van der Waals surface area contributed by atoms with E-state index in [0.29, 0.717) is 19.0 Å². The largest absolute Gasteiger partial charge is 0.317 e. The Balaban J connectivity index is 1.86. The molecule has 21 heavy (non-hydrogen) atoms. The van der Waals surface area contributed by atoms with E-state index in [0.717, 1.165) is 39.0 Å². The maximum Gasteiger partial charge on any atom is 0.214 e. The topological polar surface area (TPSA) is 52.7 Å². The molecule has 0 saturated carbocycles. The van der Waals surface area contributed by atoms with E-state index in [4.69, 9.17) is 0 Å². The summed E-state index contributed by atoms with van der Waals surface area (Å²) in [6.07, 6.45) is 5.45. The number of sulfonamides is 1. The molecule has 5 nitrogen and oxygen atoms in total. The number of fused-ring (bicyclic) bond motifs is 1. The van der Waals surface area contributed by atoms with Gasteiger partial charge in [0.15, 0.2) is 0 Å². The van der Waals surface area contributed by atoms with Gasteiger partial charge in [0, 0.05) is 25.2 Å². The summed E-state index contributed by atoms with van der Waals surface area (Å²) < 4.78 is 26.9. The minimum atomic E-state index is -3.10. The van der Waals surface area contributed by atoms with Crippen LogP contribution in [0.25, 0.3) is 0 Å². The molecular formula is C15H31N3O2S. The van der Waals surface area contributed by atoms with Crippen molar-refractivity contribution in [2.45, 2.75) is 58.0 Å². The van der Waals surface area contributed by atoms with Crippen LogP contribution in [0.1, 0.15) is 46.0 Å². The summed E-state index contributed by atoms with van der Waals surface area (Å²) in [6, 6.07) is 0.566. The van der Waals surface area contributed by atoms with E-state index in [1.807, 2.05) is 0 Å². The molecule has 0 amide bonds. The Labute approximate surface area is 130 Å². The quantitative estimate of drug-likeness (QED) is 0.718. The van der Waals surface area contributed by atoms with Gasteiger partial charge in [-0.1, -0.05) is 13.3 Å². The van der Waals surface area contributed by atoms with Crippen molar-refractivity contribution in [1.82, 2.24) is 14.5 Å². The Morgan fingerprint density at radius 1 is 1.19 bits per heavy atom. The van der Waals surface area contributed by atoms with Gasteiger partial charge in [0.05, 0.1) is 5.75 Å². The number of piperazine rings is 1. The van der Waals surface area contributed by atoms with Crippen LogP contribution in [-0.4, -0.2) is 68.2 Å². The minimum absolute atomic E-state index is 0.118. The average Bonchev–Trinajstić information content (AvgIpc) is 2.46. The second-order valence-corrected chi connectivity index (χ2v) is 8.52. The van der Waals surface area contributed by atoms with Crippen LogP contribution in [0.5, 0.6) is 0 Å². The molecule has 2 atom stereocenters. The van der Waals surface area contributed by atoms with Crippen LogP contribution >= 0.6 is 0 Å². The summed E-state index contributed by atoms with van der Waals surface area (Å²) in [5.41, 5.74) is 0. The molecule has 2 saturated heterocycles. The van der Waals surface area contributed by atoms with E-state index < -0.39 is 10.0 Å². The number of nitrogens with zero attached hydrogens (tertiary/aromatic N) is 2. The molecule has 0 aromatic heterocycles. The molecule has 2 rings (SSSR count). The lowest BCUT2D eigenvalue weighted by molar-refractivity contribution is 0.0564. The van der Waals surface area contributed by atoms with Crippen molar-refractivity contribution in [2.75, 3.05) is 38.5 Å². The first-order valence-electron chi connectivity index (χ1n) is 8.49. The molecule has 0 aromatic rings. The predicted molar refractivity (Wildman–Crippen MR) is 86.9 cm³/mol. The Morgan fingerprint density at radius 2 is 2.00 bits per heavy atom. The van der Waals surface area contributed by atoms with Gasteiger partial charge in [-0.2, -0.15) is 4.31 Å². The van der Waals surface area contributed by atoms with E-state index in [2.05, 4.69) is 24.1 Å². The molecule has 2 unspecified atom stereocenters. The number of hydrogen-bond donors (Lipinski definition) is 1. The summed E-state index contributed by atoms with van der Waals surface area (Å²) >= 11 is 0. The van der Waals surface area contributed by atoms with Gasteiger partial charge in [-0.05, 0) is 52.2 Å². The zero-order valence-corrected chi connectivity index (χ0v) is 14.4. The van der Waals surface area contributed by atoms with E-state index in [1.165, 1.54) is 12.8 Å². The van der Waals surface area contributed by atoms with Gasteiger partial charge in [-0.25, -0.2) is 8.42 Å². The average molecular weight is 317 g/mol. The Hall–Kier alpha value is -0.170. The van der Waals surface area contributed by atoms with Crippen molar-refractivity contribution < 1.29 is 8.42 Å². The van der Waals surface area contributed by atoms with Crippen LogP contribution in [0.15, 0.2) is 0 Å². The minimum Gasteiger partial charge on any atom is -0.317 e. The zero-order chi connectivity index (χ0) is 15.3. The molecule has 6 heteroatoms. The first-order chi connectivity index (χ1) is 10.0. The first-order valence-corrected chi connectivity index (χ1v) is 10.1. The third-order valence-electron chi connectivity index (χ3n) is 4.67. The van der Waals surface area contributed by atoms with E-state index in [1.54, 1.807) is 4.31 Å². The normalized spacial score (nSPS) is 28.5. The first kappa shape index (κ1) is 17.2. The molecule has 0 spiro atoms. The molecule has 2 aliphatic rings. The van der Waals surface area contributed by atoms with Gasteiger partial charge >= 0.3 is 0 Å². The van der Waals surface area contributed by atoms with Gasteiger partial charge in [0.25, 0.3) is 0 Å². The molecule has 1 N–H and O–H groups in total. The van der Waals surface area contributed by atoms with Gasteiger partial charge in [0.2, 0.25) is 10.0 Å². The van der Waals surface area contributed by atoms with Crippen molar-refractivity contribution in [3.05, 3.63) is 0 Å². The Morgan fingerprint density at radius 3 is 2.76 bits per heavy atom. The number of nitrogens with one attached hydrogen (secondary N) is 1. The van der Waals surface area contributed by atoms with Crippen LogP contribution in [0.4, 0.5) is 0 Å². The second-order valence-electron chi connectivity index (χ2n) is 6.48. The molecule has 124 valence electrons. The van der Waals surface area contributed by atoms with E-state index in [9.17, 15) is 8.42 Å². The Bertz CT molecular complexity index is 413. The summed E-state index contributed by atoms with van der Waals surface area (Å²) in [5, 5.41) is 3.28. The molecule has 0 radical (unpaired) electrons. The molecule has 0 aromatic carbocycles. The summed E-state index contributed by atoms with van der Waals surface area (Å²) in [4.78, 5) is 2.49. The third kappa shape index (κ3) is 4.65. The Kier molecular flexibility index (Phi) is 6.47. The highest BCUT2D eigenvalue weighted by Gasteiger charge is 2.38. The maximum atomic E-state index is 12.6. The number of rotatable bonds is 7. The van der Waals surface area contributed by atoms with Gasteiger partial charge in [-0.15, -0.1) is 0 Å². The smallest absolute Gasteiger partial charge is 0.214 e. The monoisotopic (exact) mass is 317 g/mol. The number of hydrogen-bond acceptors (Lipinski definition) is 4.